The SMILES string of the molecule is COc1cc(C)c(CCC2CO2)c(C)c1. The Labute approximate surface area is 91.2 Å². The molecule has 0 aliphatic carbocycles. The molecule has 0 aromatic heterocycles. The molecule has 2 rings (SSSR count). The number of ether oxygens (including phenoxy) is 2. The van der Waals surface area contributed by atoms with E-state index in [1.54, 1.807) is 7.11 Å². The monoisotopic (exact) mass is 206 g/mol. The number of benzene rings is 1. The molecular formula is C13H18O2. The summed E-state index contributed by atoms with van der Waals surface area (Å²) in [5.74, 6) is 0.955. The maximum Gasteiger partial charge on any atom is 0.119 e. The molecule has 15 heavy (non-hydrogen) atoms. The molecule has 1 aromatic carbocycles. The van der Waals surface area contributed by atoms with E-state index in [0.717, 1.165) is 25.2 Å². The first-order valence-electron chi connectivity index (χ1n) is 5.46. The van der Waals surface area contributed by atoms with Crippen molar-refractivity contribution in [2.45, 2.75) is 32.8 Å². The summed E-state index contributed by atoms with van der Waals surface area (Å²) in [6.45, 7) is 5.26. The van der Waals surface area contributed by atoms with Crippen molar-refractivity contribution in [3.05, 3.63) is 28.8 Å². The van der Waals surface area contributed by atoms with Crippen molar-refractivity contribution in [3.8, 4) is 5.75 Å². The van der Waals surface area contributed by atoms with Gasteiger partial charge in [-0.15, -0.1) is 0 Å². The fourth-order valence-corrected chi connectivity index (χ4v) is 2.01. The van der Waals surface area contributed by atoms with Gasteiger partial charge in [-0.05, 0) is 55.5 Å². The standard InChI is InChI=1S/C13H18O2/c1-9-6-12(14-3)7-10(2)13(9)5-4-11-8-15-11/h6-7,11H,4-5,8H2,1-3H3. The summed E-state index contributed by atoms with van der Waals surface area (Å²) in [5.41, 5.74) is 4.10. The lowest BCUT2D eigenvalue weighted by Crippen LogP contribution is -1.98. The van der Waals surface area contributed by atoms with Crippen LogP contribution in [0.5, 0.6) is 5.75 Å². The van der Waals surface area contributed by atoms with Crippen LogP contribution in [0.2, 0.25) is 0 Å². The number of methoxy groups -OCH3 is 1. The van der Waals surface area contributed by atoms with Gasteiger partial charge in [-0.25, -0.2) is 0 Å². The van der Waals surface area contributed by atoms with E-state index in [2.05, 4.69) is 26.0 Å². The van der Waals surface area contributed by atoms with Crippen LogP contribution in [0.3, 0.4) is 0 Å². The fraction of sp³-hybridized carbons (Fsp3) is 0.538. The second-order valence-corrected chi connectivity index (χ2v) is 4.23. The van der Waals surface area contributed by atoms with Gasteiger partial charge in [0.1, 0.15) is 5.75 Å². The van der Waals surface area contributed by atoms with Crippen LogP contribution in [0, 0.1) is 13.8 Å². The molecular weight excluding hydrogens is 188 g/mol. The van der Waals surface area contributed by atoms with Gasteiger partial charge in [0.15, 0.2) is 0 Å². The fourth-order valence-electron chi connectivity index (χ4n) is 2.01. The van der Waals surface area contributed by atoms with Crippen LogP contribution < -0.4 is 4.74 Å². The molecule has 1 aliphatic rings. The van der Waals surface area contributed by atoms with Gasteiger partial charge in [-0.1, -0.05) is 0 Å². The van der Waals surface area contributed by atoms with Gasteiger partial charge >= 0.3 is 0 Å². The zero-order valence-corrected chi connectivity index (χ0v) is 9.67. The van der Waals surface area contributed by atoms with E-state index in [-0.39, 0.29) is 0 Å². The van der Waals surface area contributed by atoms with Crippen molar-refractivity contribution in [3.63, 3.8) is 0 Å². The average Bonchev–Trinajstić information content (AvgIpc) is 3.00. The third-order valence-corrected chi connectivity index (χ3v) is 3.02. The molecule has 1 atom stereocenters. The van der Waals surface area contributed by atoms with Crippen LogP contribution in [-0.4, -0.2) is 19.8 Å². The number of hydrogen-bond donors (Lipinski definition) is 0. The zero-order valence-electron chi connectivity index (χ0n) is 9.67. The first kappa shape index (κ1) is 10.5. The molecule has 1 heterocycles. The van der Waals surface area contributed by atoms with E-state index in [9.17, 15) is 0 Å². The predicted octanol–water partition coefficient (Wildman–Crippen LogP) is 2.64. The molecule has 1 unspecified atom stereocenters. The third-order valence-electron chi connectivity index (χ3n) is 3.02. The number of hydrogen-bond acceptors (Lipinski definition) is 2. The molecule has 1 fully saturated rings. The minimum atomic E-state index is 0.519. The van der Waals surface area contributed by atoms with Gasteiger partial charge < -0.3 is 9.47 Å². The summed E-state index contributed by atoms with van der Waals surface area (Å²) in [4.78, 5) is 0. The van der Waals surface area contributed by atoms with Crippen molar-refractivity contribution < 1.29 is 9.47 Å². The largest absolute Gasteiger partial charge is 0.497 e. The van der Waals surface area contributed by atoms with Crippen LogP contribution in [0.25, 0.3) is 0 Å². The van der Waals surface area contributed by atoms with Gasteiger partial charge in [0.05, 0.1) is 19.8 Å². The minimum absolute atomic E-state index is 0.519. The molecule has 0 spiro atoms. The molecule has 0 bridgehead atoms. The average molecular weight is 206 g/mol. The van der Waals surface area contributed by atoms with Gasteiger partial charge in [0.25, 0.3) is 0 Å². The summed E-state index contributed by atoms with van der Waals surface area (Å²) in [5, 5.41) is 0. The second-order valence-electron chi connectivity index (χ2n) is 4.23. The van der Waals surface area contributed by atoms with Crippen molar-refractivity contribution in [2.75, 3.05) is 13.7 Å². The molecule has 82 valence electrons. The van der Waals surface area contributed by atoms with Gasteiger partial charge in [0, 0.05) is 0 Å². The Morgan fingerprint density at radius 2 is 1.93 bits per heavy atom. The molecule has 0 radical (unpaired) electrons. The van der Waals surface area contributed by atoms with Gasteiger partial charge in [-0.3, -0.25) is 0 Å². The van der Waals surface area contributed by atoms with Crippen LogP contribution in [0.4, 0.5) is 0 Å². The van der Waals surface area contributed by atoms with Crippen molar-refractivity contribution in [2.24, 2.45) is 0 Å². The Hall–Kier alpha value is -1.02. The first-order chi connectivity index (χ1) is 7.20. The molecule has 2 nitrogen and oxygen atoms in total. The smallest absolute Gasteiger partial charge is 0.119 e. The van der Waals surface area contributed by atoms with Crippen molar-refractivity contribution >= 4 is 0 Å². The van der Waals surface area contributed by atoms with E-state index >= 15 is 0 Å². The molecule has 0 amide bonds. The van der Waals surface area contributed by atoms with Crippen LogP contribution in [-0.2, 0) is 11.2 Å². The molecule has 1 aromatic rings. The Bertz CT molecular complexity index is 331. The number of epoxide rings is 1. The maximum absolute atomic E-state index is 5.24. The lowest BCUT2D eigenvalue weighted by atomic mass is 9.97. The Morgan fingerprint density at radius 1 is 1.33 bits per heavy atom. The van der Waals surface area contributed by atoms with E-state index in [1.807, 2.05) is 0 Å². The van der Waals surface area contributed by atoms with Gasteiger partial charge in [0.2, 0.25) is 0 Å². The van der Waals surface area contributed by atoms with Crippen LogP contribution >= 0.6 is 0 Å². The quantitative estimate of drug-likeness (QED) is 0.706. The van der Waals surface area contributed by atoms with E-state index in [4.69, 9.17) is 9.47 Å². The minimum Gasteiger partial charge on any atom is -0.497 e. The number of aryl methyl sites for hydroxylation is 2. The second kappa shape index (κ2) is 4.23. The molecule has 0 N–H and O–H groups in total. The van der Waals surface area contributed by atoms with Crippen molar-refractivity contribution in [1.29, 1.82) is 0 Å². The van der Waals surface area contributed by atoms with Gasteiger partial charge in [-0.2, -0.15) is 0 Å². The highest BCUT2D eigenvalue weighted by molar-refractivity contribution is 5.41. The summed E-state index contributed by atoms with van der Waals surface area (Å²) in [6, 6.07) is 4.21. The maximum atomic E-state index is 5.24. The highest BCUT2D eigenvalue weighted by atomic mass is 16.6. The van der Waals surface area contributed by atoms with E-state index in [1.165, 1.54) is 16.7 Å². The molecule has 2 heteroatoms. The Balaban J connectivity index is 2.13. The lowest BCUT2D eigenvalue weighted by molar-refractivity contribution is 0.396. The lowest BCUT2D eigenvalue weighted by Gasteiger charge is -2.11. The van der Waals surface area contributed by atoms with E-state index in [0.29, 0.717) is 6.10 Å². The Kier molecular flexibility index (Phi) is 2.96. The summed E-state index contributed by atoms with van der Waals surface area (Å²) >= 11 is 0. The Morgan fingerprint density at radius 3 is 2.40 bits per heavy atom. The summed E-state index contributed by atoms with van der Waals surface area (Å²) in [6.07, 6.45) is 2.78. The molecule has 0 saturated carbocycles. The molecule has 1 aliphatic heterocycles. The van der Waals surface area contributed by atoms with Crippen molar-refractivity contribution in [1.82, 2.24) is 0 Å². The summed E-state index contributed by atoms with van der Waals surface area (Å²) in [7, 11) is 1.71. The predicted molar refractivity (Wildman–Crippen MR) is 60.5 cm³/mol. The summed E-state index contributed by atoms with van der Waals surface area (Å²) < 4.78 is 10.5. The topological polar surface area (TPSA) is 21.8 Å². The highest BCUT2D eigenvalue weighted by Crippen LogP contribution is 2.25. The van der Waals surface area contributed by atoms with E-state index < -0.39 is 0 Å². The van der Waals surface area contributed by atoms with Crippen LogP contribution in [0.15, 0.2) is 12.1 Å². The highest BCUT2D eigenvalue weighted by Gasteiger charge is 2.22. The third kappa shape index (κ3) is 2.51. The zero-order chi connectivity index (χ0) is 10.8. The normalized spacial score (nSPS) is 19.0. The van der Waals surface area contributed by atoms with Crippen LogP contribution in [0.1, 0.15) is 23.1 Å². The first-order valence-corrected chi connectivity index (χ1v) is 5.46. The molecule has 1 saturated heterocycles. The number of rotatable bonds is 4.